The van der Waals surface area contributed by atoms with Crippen molar-refractivity contribution in [3.8, 4) is 0 Å². The summed E-state index contributed by atoms with van der Waals surface area (Å²) in [5.41, 5.74) is -0.226. The van der Waals surface area contributed by atoms with Gasteiger partial charge in [-0.05, 0) is 39.5 Å². The molecule has 0 bridgehead atoms. The van der Waals surface area contributed by atoms with Gasteiger partial charge in [0.1, 0.15) is 5.78 Å². The van der Waals surface area contributed by atoms with E-state index < -0.39 is 0 Å². The first-order chi connectivity index (χ1) is 7.50. The second-order valence-corrected chi connectivity index (χ2v) is 4.95. The van der Waals surface area contributed by atoms with E-state index in [0.717, 1.165) is 19.3 Å². The van der Waals surface area contributed by atoms with Crippen LogP contribution in [-0.4, -0.2) is 17.9 Å². The van der Waals surface area contributed by atoms with Gasteiger partial charge in [-0.3, -0.25) is 9.59 Å². The van der Waals surface area contributed by atoms with E-state index in [1.807, 2.05) is 20.8 Å². The van der Waals surface area contributed by atoms with Crippen LogP contribution >= 0.6 is 0 Å². The summed E-state index contributed by atoms with van der Waals surface area (Å²) in [5, 5.41) is 0. The standard InChI is InChI=1S/C13H22O3/c1-4-13(8-5-6-11(13)14)9-7-12(15)16-10(2)3/h10H,4-9H2,1-3H3/t13-/m0/s1. The first-order valence-corrected chi connectivity index (χ1v) is 6.23. The van der Waals surface area contributed by atoms with Gasteiger partial charge in [0.15, 0.2) is 0 Å². The lowest BCUT2D eigenvalue weighted by Gasteiger charge is -2.25. The van der Waals surface area contributed by atoms with Gasteiger partial charge in [-0.2, -0.15) is 0 Å². The average Bonchev–Trinajstić information content (AvgIpc) is 2.57. The molecule has 0 aromatic heterocycles. The largest absolute Gasteiger partial charge is 0.463 e. The Balaban J connectivity index is 2.46. The minimum atomic E-state index is -0.226. The van der Waals surface area contributed by atoms with E-state index >= 15 is 0 Å². The van der Waals surface area contributed by atoms with E-state index in [1.54, 1.807) is 0 Å². The van der Waals surface area contributed by atoms with E-state index in [4.69, 9.17) is 4.74 Å². The molecule has 0 amide bonds. The van der Waals surface area contributed by atoms with Gasteiger partial charge >= 0.3 is 5.97 Å². The van der Waals surface area contributed by atoms with E-state index in [0.29, 0.717) is 25.0 Å². The Hall–Kier alpha value is -0.860. The van der Waals surface area contributed by atoms with Gasteiger partial charge in [0.2, 0.25) is 0 Å². The fourth-order valence-corrected chi connectivity index (χ4v) is 2.47. The number of hydrogen-bond donors (Lipinski definition) is 0. The summed E-state index contributed by atoms with van der Waals surface area (Å²) in [6, 6.07) is 0. The molecule has 0 spiro atoms. The fourth-order valence-electron chi connectivity index (χ4n) is 2.47. The third kappa shape index (κ3) is 3.06. The molecule has 0 aromatic rings. The molecule has 0 unspecified atom stereocenters. The predicted octanol–water partition coefficient (Wildman–Crippen LogP) is 2.87. The number of carbonyl (C=O) groups is 2. The Kier molecular flexibility index (Phi) is 4.51. The highest BCUT2D eigenvalue weighted by Gasteiger charge is 2.40. The first kappa shape index (κ1) is 13.2. The van der Waals surface area contributed by atoms with Crippen molar-refractivity contribution < 1.29 is 14.3 Å². The van der Waals surface area contributed by atoms with E-state index in [9.17, 15) is 9.59 Å². The summed E-state index contributed by atoms with van der Waals surface area (Å²) in [4.78, 5) is 23.3. The molecule has 1 atom stereocenters. The van der Waals surface area contributed by atoms with Crippen molar-refractivity contribution in [2.24, 2.45) is 5.41 Å². The van der Waals surface area contributed by atoms with Gasteiger partial charge in [-0.25, -0.2) is 0 Å². The van der Waals surface area contributed by atoms with Crippen LogP contribution in [0.1, 0.15) is 59.3 Å². The lowest BCUT2D eigenvalue weighted by Crippen LogP contribution is -2.26. The maximum atomic E-state index is 11.8. The molecule has 0 heterocycles. The van der Waals surface area contributed by atoms with Crippen molar-refractivity contribution in [1.29, 1.82) is 0 Å². The highest BCUT2D eigenvalue weighted by atomic mass is 16.5. The number of rotatable bonds is 5. The topological polar surface area (TPSA) is 43.4 Å². The molecule has 1 rings (SSSR count). The molecule has 1 fully saturated rings. The molecule has 92 valence electrons. The number of Topliss-reactive ketones (excluding diaryl/α,β-unsaturated/α-hetero) is 1. The zero-order chi connectivity index (χ0) is 12.2. The molecule has 0 radical (unpaired) electrons. The summed E-state index contributed by atoms with van der Waals surface area (Å²) in [6.07, 6.45) is 4.42. The Morgan fingerprint density at radius 1 is 1.50 bits per heavy atom. The lowest BCUT2D eigenvalue weighted by molar-refractivity contribution is -0.148. The SMILES string of the molecule is CC[C@@]1(CCC(=O)OC(C)C)CCCC1=O. The maximum absolute atomic E-state index is 11.8. The average molecular weight is 226 g/mol. The van der Waals surface area contributed by atoms with Crippen LogP contribution in [0.25, 0.3) is 0 Å². The quantitative estimate of drug-likeness (QED) is 0.677. The Morgan fingerprint density at radius 2 is 2.19 bits per heavy atom. The molecule has 3 nitrogen and oxygen atoms in total. The zero-order valence-electron chi connectivity index (χ0n) is 10.5. The van der Waals surface area contributed by atoms with E-state index in [-0.39, 0.29) is 17.5 Å². The second kappa shape index (κ2) is 5.46. The Bertz CT molecular complexity index is 270. The third-order valence-electron chi connectivity index (χ3n) is 3.50. The van der Waals surface area contributed by atoms with Crippen molar-refractivity contribution in [2.75, 3.05) is 0 Å². The third-order valence-corrected chi connectivity index (χ3v) is 3.50. The van der Waals surface area contributed by atoms with Gasteiger partial charge < -0.3 is 4.74 Å². The molecule has 3 heteroatoms. The summed E-state index contributed by atoms with van der Waals surface area (Å²) in [5.74, 6) is 0.162. The number of esters is 1. The fraction of sp³-hybridized carbons (Fsp3) is 0.846. The molecule has 1 aliphatic carbocycles. The van der Waals surface area contributed by atoms with Gasteiger partial charge in [-0.1, -0.05) is 6.92 Å². The summed E-state index contributed by atoms with van der Waals surface area (Å²) in [6.45, 7) is 5.72. The minimum absolute atomic E-state index is 0.0654. The maximum Gasteiger partial charge on any atom is 0.306 e. The van der Waals surface area contributed by atoms with Gasteiger partial charge in [-0.15, -0.1) is 0 Å². The molecule has 0 aromatic carbocycles. The van der Waals surface area contributed by atoms with Crippen molar-refractivity contribution in [3.05, 3.63) is 0 Å². The van der Waals surface area contributed by atoms with Crippen LogP contribution < -0.4 is 0 Å². The molecular weight excluding hydrogens is 204 g/mol. The summed E-state index contributed by atoms with van der Waals surface area (Å²) >= 11 is 0. The first-order valence-electron chi connectivity index (χ1n) is 6.23. The van der Waals surface area contributed by atoms with Crippen LogP contribution in [0.4, 0.5) is 0 Å². The van der Waals surface area contributed by atoms with Crippen molar-refractivity contribution in [3.63, 3.8) is 0 Å². The van der Waals surface area contributed by atoms with Crippen molar-refractivity contribution in [2.45, 2.75) is 65.4 Å². The van der Waals surface area contributed by atoms with E-state index in [2.05, 4.69) is 0 Å². The highest BCUT2D eigenvalue weighted by molar-refractivity contribution is 5.87. The molecule has 1 saturated carbocycles. The predicted molar refractivity (Wildman–Crippen MR) is 62.0 cm³/mol. The van der Waals surface area contributed by atoms with E-state index in [1.165, 1.54) is 0 Å². The number of ether oxygens (including phenoxy) is 1. The highest BCUT2D eigenvalue weighted by Crippen LogP contribution is 2.41. The van der Waals surface area contributed by atoms with Crippen LogP contribution in [-0.2, 0) is 14.3 Å². The van der Waals surface area contributed by atoms with Crippen LogP contribution in [0.15, 0.2) is 0 Å². The lowest BCUT2D eigenvalue weighted by atomic mass is 9.78. The molecule has 0 saturated heterocycles. The number of carbonyl (C=O) groups excluding carboxylic acids is 2. The smallest absolute Gasteiger partial charge is 0.306 e. The monoisotopic (exact) mass is 226 g/mol. The number of hydrogen-bond acceptors (Lipinski definition) is 3. The normalized spacial score (nSPS) is 25.1. The molecule has 0 aliphatic heterocycles. The number of ketones is 1. The molecule has 16 heavy (non-hydrogen) atoms. The summed E-state index contributed by atoms with van der Waals surface area (Å²) < 4.78 is 5.08. The van der Waals surface area contributed by atoms with Crippen molar-refractivity contribution >= 4 is 11.8 Å². The summed E-state index contributed by atoms with van der Waals surface area (Å²) in [7, 11) is 0. The Labute approximate surface area is 97.5 Å². The van der Waals surface area contributed by atoms with Gasteiger partial charge in [0, 0.05) is 18.3 Å². The van der Waals surface area contributed by atoms with Gasteiger partial charge in [0.05, 0.1) is 6.10 Å². The van der Waals surface area contributed by atoms with Gasteiger partial charge in [0.25, 0.3) is 0 Å². The second-order valence-electron chi connectivity index (χ2n) is 4.95. The van der Waals surface area contributed by atoms with Crippen molar-refractivity contribution in [1.82, 2.24) is 0 Å². The van der Waals surface area contributed by atoms with Crippen LogP contribution in [0, 0.1) is 5.41 Å². The van der Waals surface area contributed by atoms with Crippen LogP contribution in [0.2, 0.25) is 0 Å². The molecular formula is C13H22O3. The van der Waals surface area contributed by atoms with Crippen LogP contribution in [0.3, 0.4) is 0 Å². The molecule has 1 aliphatic rings. The van der Waals surface area contributed by atoms with Crippen LogP contribution in [0.5, 0.6) is 0 Å². The Morgan fingerprint density at radius 3 is 2.62 bits per heavy atom. The minimum Gasteiger partial charge on any atom is -0.463 e. The zero-order valence-corrected chi connectivity index (χ0v) is 10.5. The molecule has 0 N–H and O–H groups in total.